The molecule has 2 aromatic heterocycles. The van der Waals surface area contributed by atoms with Crippen LogP contribution < -0.4 is 5.56 Å². The molecule has 0 N–H and O–H groups in total. The number of pyridine rings is 2. The lowest BCUT2D eigenvalue weighted by Gasteiger charge is -2.15. The molecule has 0 unspecified atom stereocenters. The summed E-state index contributed by atoms with van der Waals surface area (Å²) in [6.07, 6.45) is 1.23. The normalized spacial score (nSPS) is 12.6. The standard InChI is InChI=1S/C21H21FN2OS/c1-14(23-26-21(2,3)4)18-12-17-11-10-16(22)13-24(17)20(25)19(18)15-8-6-5-7-9-15/h5-13H,1-4H3/b23-14+. The van der Waals surface area contributed by atoms with Gasteiger partial charge in [0.1, 0.15) is 5.82 Å². The summed E-state index contributed by atoms with van der Waals surface area (Å²) in [5.74, 6) is -0.444. The van der Waals surface area contributed by atoms with Crippen molar-refractivity contribution in [1.29, 1.82) is 0 Å². The summed E-state index contributed by atoms with van der Waals surface area (Å²) < 4.78 is 19.6. The van der Waals surface area contributed by atoms with Crippen LogP contribution in [0.4, 0.5) is 4.39 Å². The number of fused-ring (bicyclic) bond motifs is 1. The van der Waals surface area contributed by atoms with E-state index in [0.717, 1.165) is 16.8 Å². The van der Waals surface area contributed by atoms with Crippen LogP contribution in [0.2, 0.25) is 0 Å². The van der Waals surface area contributed by atoms with Gasteiger partial charge in [0.25, 0.3) is 5.56 Å². The third-order valence-electron chi connectivity index (χ3n) is 3.85. The van der Waals surface area contributed by atoms with Crippen LogP contribution in [-0.4, -0.2) is 14.9 Å². The molecule has 0 amide bonds. The molecule has 0 atom stereocenters. The quantitative estimate of drug-likeness (QED) is 0.460. The minimum atomic E-state index is -0.444. The summed E-state index contributed by atoms with van der Waals surface area (Å²) in [7, 11) is 0. The van der Waals surface area contributed by atoms with Crippen LogP contribution in [-0.2, 0) is 0 Å². The molecule has 0 aliphatic carbocycles. The molecular weight excluding hydrogens is 347 g/mol. The fourth-order valence-electron chi connectivity index (χ4n) is 2.66. The molecule has 0 saturated carbocycles. The van der Waals surface area contributed by atoms with Crippen LogP contribution in [0, 0.1) is 5.82 Å². The first-order chi connectivity index (χ1) is 12.3. The number of rotatable bonds is 3. The Morgan fingerprint density at radius 3 is 2.46 bits per heavy atom. The van der Waals surface area contributed by atoms with E-state index in [0.29, 0.717) is 11.1 Å². The summed E-state index contributed by atoms with van der Waals surface area (Å²) in [5.41, 5.74) is 3.25. The molecule has 2 heterocycles. The second kappa shape index (κ2) is 7.08. The SMILES string of the molecule is C/C(=N\SC(C)(C)C)c1cc2ccc(F)cn2c(=O)c1-c1ccccc1. The average molecular weight is 368 g/mol. The van der Waals surface area contributed by atoms with Crippen molar-refractivity contribution < 1.29 is 4.39 Å². The van der Waals surface area contributed by atoms with E-state index >= 15 is 0 Å². The molecule has 0 bridgehead atoms. The fourth-order valence-corrected chi connectivity index (χ4v) is 3.17. The number of benzene rings is 1. The van der Waals surface area contributed by atoms with Gasteiger partial charge >= 0.3 is 0 Å². The lowest BCUT2D eigenvalue weighted by molar-refractivity contribution is 0.618. The van der Waals surface area contributed by atoms with Crippen LogP contribution in [0.1, 0.15) is 33.3 Å². The molecule has 0 spiro atoms. The third kappa shape index (κ3) is 3.88. The number of hydrogen-bond donors (Lipinski definition) is 0. The number of halogens is 1. The number of nitrogens with zero attached hydrogens (tertiary/aromatic N) is 2. The van der Waals surface area contributed by atoms with Crippen molar-refractivity contribution in [3.8, 4) is 11.1 Å². The lowest BCUT2D eigenvalue weighted by atomic mass is 9.98. The molecule has 26 heavy (non-hydrogen) atoms. The Morgan fingerprint density at radius 1 is 1.12 bits per heavy atom. The van der Waals surface area contributed by atoms with Crippen LogP contribution in [0.5, 0.6) is 0 Å². The van der Waals surface area contributed by atoms with Gasteiger partial charge in [0.2, 0.25) is 0 Å². The summed E-state index contributed by atoms with van der Waals surface area (Å²) in [6.45, 7) is 8.17. The number of hydrogen-bond acceptors (Lipinski definition) is 3. The van der Waals surface area contributed by atoms with Crippen molar-refractivity contribution in [2.75, 3.05) is 0 Å². The Labute approximate surface area is 156 Å². The van der Waals surface area contributed by atoms with Gasteiger partial charge in [-0.1, -0.05) is 30.3 Å². The van der Waals surface area contributed by atoms with Gasteiger partial charge in [-0.3, -0.25) is 9.20 Å². The lowest BCUT2D eigenvalue weighted by Crippen LogP contribution is -2.20. The van der Waals surface area contributed by atoms with Gasteiger partial charge in [0.15, 0.2) is 0 Å². The number of aromatic nitrogens is 1. The molecule has 3 nitrogen and oxygen atoms in total. The van der Waals surface area contributed by atoms with Crippen molar-refractivity contribution in [2.24, 2.45) is 4.40 Å². The van der Waals surface area contributed by atoms with Crippen molar-refractivity contribution in [3.63, 3.8) is 0 Å². The molecule has 0 radical (unpaired) electrons. The Hall–Kier alpha value is -2.40. The van der Waals surface area contributed by atoms with E-state index in [2.05, 4.69) is 25.2 Å². The summed E-state index contributed by atoms with van der Waals surface area (Å²) >= 11 is 1.47. The van der Waals surface area contributed by atoms with Crippen molar-refractivity contribution in [2.45, 2.75) is 32.4 Å². The Bertz CT molecular complexity index is 1030. The molecule has 1 aromatic carbocycles. The highest BCUT2D eigenvalue weighted by Gasteiger charge is 2.17. The molecular formula is C21H21FN2OS. The summed E-state index contributed by atoms with van der Waals surface area (Å²) in [6, 6.07) is 14.3. The minimum Gasteiger partial charge on any atom is -0.281 e. The summed E-state index contributed by atoms with van der Waals surface area (Å²) in [4.78, 5) is 13.1. The van der Waals surface area contributed by atoms with Gasteiger partial charge in [-0.05, 0) is 63.4 Å². The van der Waals surface area contributed by atoms with Gasteiger partial charge in [-0.25, -0.2) is 8.79 Å². The monoisotopic (exact) mass is 368 g/mol. The minimum absolute atomic E-state index is 0.0246. The van der Waals surface area contributed by atoms with E-state index in [4.69, 9.17) is 0 Å². The predicted molar refractivity (Wildman–Crippen MR) is 109 cm³/mol. The molecule has 3 aromatic rings. The molecule has 134 valence electrons. The Balaban J connectivity index is 2.30. The Morgan fingerprint density at radius 2 is 1.81 bits per heavy atom. The van der Waals surface area contributed by atoms with E-state index in [1.807, 2.05) is 43.3 Å². The van der Waals surface area contributed by atoms with Gasteiger partial charge in [-0.15, -0.1) is 0 Å². The fraction of sp³-hybridized carbons (Fsp3) is 0.238. The molecule has 0 fully saturated rings. The molecule has 0 aliphatic rings. The maximum atomic E-state index is 13.7. The first-order valence-electron chi connectivity index (χ1n) is 8.40. The Kier molecular flexibility index (Phi) is 5.01. The third-order valence-corrected chi connectivity index (χ3v) is 4.76. The highest BCUT2D eigenvalue weighted by Crippen LogP contribution is 2.28. The smallest absolute Gasteiger partial charge is 0.263 e. The van der Waals surface area contributed by atoms with Crippen LogP contribution in [0.15, 0.2) is 63.9 Å². The average Bonchev–Trinajstić information content (AvgIpc) is 2.60. The van der Waals surface area contributed by atoms with Gasteiger partial charge in [0, 0.05) is 22.0 Å². The molecule has 5 heteroatoms. The van der Waals surface area contributed by atoms with Crippen LogP contribution in [0.25, 0.3) is 16.6 Å². The van der Waals surface area contributed by atoms with Crippen molar-refractivity contribution in [1.82, 2.24) is 4.40 Å². The van der Waals surface area contributed by atoms with E-state index in [1.54, 1.807) is 6.07 Å². The predicted octanol–water partition coefficient (Wildman–Crippen LogP) is 5.36. The second-order valence-electron chi connectivity index (χ2n) is 7.13. The van der Waals surface area contributed by atoms with Crippen LogP contribution >= 0.6 is 11.9 Å². The van der Waals surface area contributed by atoms with Crippen molar-refractivity contribution in [3.05, 3.63) is 76.5 Å². The zero-order chi connectivity index (χ0) is 18.9. The van der Waals surface area contributed by atoms with Gasteiger partial charge in [-0.2, -0.15) is 0 Å². The zero-order valence-corrected chi connectivity index (χ0v) is 16.1. The summed E-state index contributed by atoms with van der Waals surface area (Å²) in [5, 5.41) is 0. The highest BCUT2D eigenvalue weighted by atomic mass is 32.2. The molecule has 3 rings (SSSR count). The van der Waals surface area contributed by atoms with Gasteiger partial charge in [0.05, 0.1) is 11.3 Å². The topological polar surface area (TPSA) is 33.8 Å². The zero-order valence-electron chi connectivity index (χ0n) is 15.3. The van der Waals surface area contributed by atoms with Gasteiger partial charge < -0.3 is 0 Å². The first kappa shape index (κ1) is 18.4. The van der Waals surface area contributed by atoms with E-state index in [1.165, 1.54) is 28.6 Å². The van der Waals surface area contributed by atoms with E-state index < -0.39 is 5.82 Å². The first-order valence-corrected chi connectivity index (χ1v) is 9.17. The molecule has 0 saturated heterocycles. The largest absolute Gasteiger partial charge is 0.281 e. The second-order valence-corrected chi connectivity index (χ2v) is 8.72. The highest BCUT2D eigenvalue weighted by molar-refractivity contribution is 7.99. The maximum absolute atomic E-state index is 13.7. The van der Waals surface area contributed by atoms with Crippen LogP contribution in [0.3, 0.4) is 0 Å². The molecule has 0 aliphatic heterocycles. The van der Waals surface area contributed by atoms with Crippen molar-refractivity contribution >= 4 is 23.2 Å². The maximum Gasteiger partial charge on any atom is 0.263 e. The van der Waals surface area contributed by atoms with E-state index in [-0.39, 0.29) is 10.3 Å². The van der Waals surface area contributed by atoms with E-state index in [9.17, 15) is 9.18 Å².